The number of nitrogen functional groups attached to an aromatic ring is 1. The van der Waals surface area contributed by atoms with E-state index in [4.69, 9.17) is 65.3 Å². The molecular weight excluding hydrogens is 1450 g/mol. The van der Waals surface area contributed by atoms with Crippen LogP contribution in [0, 0.1) is 63.7 Å². The summed E-state index contributed by atoms with van der Waals surface area (Å²) in [7, 11) is 9.28. The van der Waals surface area contributed by atoms with Crippen LogP contribution in [0.4, 0.5) is 11.4 Å². The van der Waals surface area contributed by atoms with E-state index in [1.807, 2.05) is 36.4 Å². The van der Waals surface area contributed by atoms with Gasteiger partial charge >= 0.3 is 23.1 Å². The second kappa shape index (κ2) is 52.6. The predicted molar refractivity (Wildman–Crippen MR) is 393 cm³/mol. The Morgan fingerprint density at radius 2 is 1.22 bits per heavy atom. The number of aliphatic hydroxyl groups is 2. The van der Waals surface area contributed by atoms with Gasteiger partial charge in [-0.2, -0.15) is 28.7 Å². The van der Waals surface area contributed by atoms with Crippen LogP contribution in [0.1, 0.15) is 81.0 Å². The van der Waals surface area contributed by atoms with Crippen molar-refractivity contribution in [1.29, 1.82) is 10.5 Å². The molecule has 31 heteroatoms. The molecule has 2 atom stereocenters. The average Bonchev–Trinajstić information content (AvgIpc) is 2.15. The van der Waals surface area contributed by atoms with Crippen molar-refractivity contribution in [3.8, 4) is 12.1 Å². The summed E-state index contributed by atoms with van der Waals surface area (Å²) in [5.41, 5.74) is 18.8. The summed E-state index contributed by atoms with van der Waals surface area (Å²) in [5.74, 6) is 1.54. The maximum Gasteiger partial charge on any atom is 2.00 e. The number of benzene rings is 2. The van der Waals surface area contributed by atoms with E-state index in [2.05, 4.69) is 152 Å². The summed E-state index contributed by atoms with van der Waals surface area (Å²) in [6, 6.07) is 23.6. The molecule has 0 aliphatic carbocycles. The van der Waals surface area contributed by atoms with Gasteiger partial charge in [-0.15, -0.1) is 44.3 Å². The number of hydrogen-bond donors (Lipinski definition) is 6. The number of Topliss-reactive ketones (excluding diaryl/α,β-unsaturated/α-hetero) is 1. The van der Waals surface area contributed by atoms with Crippen molar-refractivity contribution in [3.63, 3.8) is 0 Å². The molecule has 2 aromatic rings. The third-order valence-corrected chi connectivity index (χ3v) is 27.8. The number of anilines is 2. The molecule has 18 nitrogen and oxygen atoms in total. The van der Waals surface area contributed by atoms with E-state index in [1.165, 1.54) is 5.69 Å². The Hall–Kier alpha value is -0.450. The second-order valence-electron chi connectivity index (χ2n) is 24.6. The number of carbonyl (C=O) groups is 3. The fraction of sp³-hybridized carbons (Fsp3) is 0.700. The minimum absolute atomic E-state index is 0. The summed E-state index contributed by atoms with van der Waals surface area (Å²) < 4.78 is 16.3. The van der Waals surface area contributed by atoms with Crippen LogP contribution in [-0.4, -0.2) is 221 Å². The van der Waals surface area contributed by atoms with Crippen molar-refractivity contribution in [1.82, 2.24) is 24.9 Å². The first-order valence-corrected chi connectivity index (χ1v) is 47.0. The van der Waals surface area contributed by atoms with Crippen molar-refractivity contribution < 1.29 is 50.5 Å². The molecule has 0 saturated carbocycles. The first-order chi connectivity index (χ1) is 42.2. The number of halogens is 5. The molecule has 10 aliphatic heterocycles. The molecule has 91 heavy (non-hydrogen) atoms. The van der Waals surface area contributed by atoms with Gasteiger partial charge in [0.2, 0.25) is 21.0 Å². The second-order valence-corrected chi connectivity index (χ2v) is 43.6. The molecule has 10 saturated heterocycles. The summed E-state index contributed by atoms with van der Waals surface area (Å²) in [6.07, 6.45) is 12.9. The van der Waals surface area contributed by atoms with Gasteiger partial charge in [-0.1, -0.05) is 56.8 Å². The van der Waals surface area contributed by atoms with Gasteiger partial charge in [-0.25, -0.2) is 4.21 Å². The standard InChI is InChI=1S/C14H18N2O.C12H22NSi2.C8H13ClN2.C8H16N2O2.C8H11N2.C6H12N2O.C2H5ClO.C2H4O.BrH.Cl2OS.Mg.H3P3S/c15-12-3-1-11(2-4-12)13(17)14-5-8-16(9-6-14)10-7-14;1-14(2,3)13(15(4,5)6)12-10-8-7-9-11-12;9-3-6-11-4-1-8(7-10)2-5-11;9-8(12)7-1-3-10(4-2-7)5-6-11;9-7-8-1-4-10(5-2-8)6-3-8;7-6(9)5-1-3-8-4-2-5;3-1-2-4;1-2-3-1;;1-4(2)3;;1-2-3-4/h1-4H,5-10,15H2;8-11H,1-6H3;8H,1-6H2;7,11H,1-6H2,(H2,9,12);1H,2-6H2;5,8H,1-4H2,(H2,7,9);4H,1-2H2;1-2H2;1H;;;2H,1H2/q;-1;;;+1;;;;;;+2;/p-1. The Morgan fingerprint density at radius 3 is 1.55 bits per heavy atom. The number of likely N-dealkylation sites (tertiary alicyclic amines) is 2. The Kier molecular flexibility index (Phi) is 53.5. The van der Waals surface area contributed by atoms with Crippen LogP contribution >= 0.6 is 68.5 Å². The van der Waals surface area contributed by atoms with Gasteiger partial charge in [-0.3, -0.25) is 19.3 Å². The van der Waals surface area contributed by atoms with Crippen molar-refractivity contribution in [3.05, 3.63) is 66.6 Å². The van der Waals surface area contributed by atoms with Crippen molar-refractivity contribution in [2.45, 2.75) is 110 Å². The Morgan fingerprint density at radius 1 is 0.791 bits per heavy atom. The van der Waals surface area contributed by atoms with E-state index in [9.17, 15) is 14.4 Å². The predicted octanol–water partition coefficient (Wildman–Crippen LogP) is 6.50. The topological polar surface area (TPSA) is 275 Å². The summed E-state index contributed by atoms with van der Waals surface area (Å²) in [6.45, 7) is 30.8. The molecule has 0 spiro atoms. The number of carbonyl (C=O) groups excluding carboxylic acids is 3. The first-order valence-electron chi connectivity index (χ1n) is 30.7. The smallest absolute Gasteiger partial charge is 1.00 e. The normalized spacial score (nSPS) is 22.3. The molecule has 0 aromatic heterocycles. The molecule has 12 rings (SSSR count). The van der Waals surface area contributed by atoms with Crippen LogP contribution in [-0.2, 0) is 35.4 Å². The number of nitrogens with one attached hydrogen (secondary N) is 1. The number of ether oxygens (including phenoxy) is 1. The van der Waals surface area contributed by atoms with Crippen molar-refractivity contribution in [2.75, 3.05) is 140 Å². The van der Waals surface area contributed by atoms with Gasteiger partial charge in [0.25, 0.3) is 0 Å². The number of alkyl halides is 2. The molecule has 2 aromatic carbocycles. The zero-order chi connectivity index (χ0) is 66.9. The van der Waals surface area contributed by atoms with Crippen molar-refractivity contribution in [2.24, 2.45) is 40.1 Å². The number of ketones is 1. The van der Waals surface area contributed by atoms with E-state index in [1.54, 1.807) is 0 Å². The number of piperidine rings is 9. The molecule has 10 heterocycles. The number of primary amides is 2. The Labute approximate surface area is 607 Å². The van der Waals surface area contributed by atoms with Crippen LogP contribution in [0.15, 0.2) is 48.5 Å². The molecule has 10 aliphatic rings. The number of fused-ring (bicyclic) bond motifs is 6. The molecule has 4 bridgehead atoms. The van der Waals surface area contributed by atoms with Crippen molar-refractivity contribution >= 4 is 158 Å². The van der Waals surface area contributed by atoms with Crippen LogP contribution in [0.2, 0.25) is 39.3 Å². The van der Waals surface area contributed by atoms with Crippen LogP contribution < -0.4 is 43.7 Å². The Balaban J connectivity index is 0. The number of epoxide rings is 1. The third kappa shape index (κ3) is 40.9. The van der Waals surface area contributed by atoms with E-state index in [-0.39, 0.29) is 87.7 Å². The largest absolute Gasteiger partial charge is 2.00 e. The van der Waals surface area contributed by atoms with Crippen LogP contribution in [0.25, 0.3) is 0 Å². The molecule has 512 valence electrons. The molecule has 10 fully saturated rings. The summed E-state index contributed by atoms with van der Waals surface area (Å²) >= 11 is 15.1. The minimum Gasteiger partial charge on any atom is -1.00 e. The number of nitrogens with zero attached hydrogens (tertiary/aromatic N) is 7. The van der Waals surface area contributed by atoms with E-state index >= 15 is 0 Å². The SMILES string of the molecule is C1CO1.C[Si](C)(C)N(c1cc[c-]cc1)[Si](C)(C)C.N#CC12[CH+]CN(CC1)CC2.N#CC1CCN(CCCl)CC1.NC(=O)C1CCN(CCO)CC1.NC(=O)C1CCNCC1.Nc1ccc(C(=O)C23CCN(CC2)CC3)cc1.O=S(Cl)Cl.OCCCl.PPP=S.[Br-].[Mg+2]. The van der Waals surface area contributed by atoms with Gasteiger partial charge in [0.05, 0.1) is 32.5 Å². The number of β-amino-alcohol motifs (C(OH)–C–C–N with tert-alkyl or cyclic N) is 1. The van der Waals surface area contributed by atoms with E-state index in [0.717, 1.165) is 195 Å². The number of amides is 2. The molecule has 9 N–H and O–H groups in total. The first kappa shape index (κ1) is 92.6. The minimum atomic E-state index is -1.67. The van der Waals surface area contributed by atoms with E-state index in [0.29, 0.717) is 30.0 Å². The maximum atomic E-state index is 12.6. The fourth-order valence-corrected chi connectivity index (χ4v) is 21.4. The number of nitrogens with two attached hydrogens (primary N) is 3. The number of aliphatic hydroxyl groups excluding tert-OH is 2. The zero-order valence-electron chi connectivity index (χ0n) is 54.6. The van der Waals surface area contributed by atoms with Gasteiger partial charge in [0.1, 0.15) is 35.5 Å². The maximum absolute atomic E-state index is 12.6. The number of hydrogen-bond acceptors (Lipinski definition) is 17. The van der Waals surface area contributed by atoms with E-state index < -0.39 is 25.7 Å². The van der Waals surface area contributed by atoms with Crippen LogP contribution in [0.5, 0.6) is 0 Å². The molecule has 2 amide bonds. The summed E-state index contributed by atoms with van der Waals surface area (Å²) in [4.78, 5) is 43.3. The average molecular weight is 1550 g/mol. The number of rotatable bonds is 13. The zero-order valence-corrected chi connectivity index (χ0v) is 67.3. The van der Waals surface area contributed by atoms with Gasteiger partial charge in [0.15, 0.2) is 11.2 Å². The molecular formula is C60H104BrCl4MgN11O7P3S2Si2+. The fourth-order valence-electron chi connectivity index (χ4n) is 11.3. The Bertz CT molecular complexity index is 2340. The van der Waals surface area contributed by atoms with Crippen LogP contribution in [0.3, 0.4) is 0 Å². The van der Waals surface area contributed by atoms with Gasteiger partial charge in [-0.05, 0) is 149 Å². The monoisotopic (exact) mass is 1550 g/mol. The van der Waals surface area contributed by atoms with Gasteiger partial charge in [0, 0.05) is 114 Å². The number of nitriles is 2. The van der Waals surface area contributed by atoms with Gasteiger partial charge < -0.3 is 73.4 Å². The molecule has 0 radical (unpaired) electrons. The quantitative estimate of drug-likeness (QED) is 0.0183. The third-order valence-electron chi connectivity index (χ3n) is 16.0. The molecule has 2 unspecified atom stereocenters. The summed E-state index contributed by atoms with van der Waals surface area (Å²) in [5, 5.41) is 37.0.